The molecule has 0 fully saturated rings. The Morgan fingerprint density at radius 1 is 1.88 bits per heavy atom. The minimum atomic E-state index is -0.0256. The van der Waals surface area contributed by atoms with E-state index in [-0.39, 0.29) is 11.9 Å². The average Bonchev–Trinajstić information content (AvgIpc) is 1.61. The highest BCUT2D eigenvalue weighted by Crippen LogP contribution is 1.68. The molecule has 0 saturated heterocycles. The van der Waals surface area contributed by atoms with Crippen molar-refractivity contribution in [2.45, 2.75) is 19.9 Å². The second kappa shape index (κ2) is 3.43. The largest absolute Gasteiger partial charge is 0.355 e. The standard InChI is InChI=1S/C5H12N2O/c1-4(6)3-7-5(2)8/h4H,3,6H2,1-2H3,(H,7,8). The lowest BCUT2D eigenvalue weighted by Gasteiger charge is -2.03. The molecule has 0 aromatic heterocycles. The van der Waals surface area contributed by atoms with Gasteiger partial charge in [0.1, 0.15) is 0 Å². The molecule has 1 atom stereocenters. The van der Waals surface area contributed by atoms with E-state index in [2.05, 4.69) is 5.32 Å². The van der Waals surface area contributed by atoms with Crippen LogP contribution in [0.2, 0.25) is 0 Å². The molecular weight excluding hydrogens is 104 g/mol. The van der Waals surface area contributed by atoms with Crippen molar-refractivity contribution in [1.29, 1.82) is 0 Å². The van der Waals surface area contributed by atoms with E-state index in [0.29, 0.717) is 6.54 Å². The highest BCUT2D eigenvalue weighted by molar-refractivity contribution is 5.72. The van der Waals surface area contributed by atoms with E-state index in [1.165, 1.54) is 6.92 Å². The molecule has 1 amide bonds. The van der Waals surface area contributed by atoms with Crippen LogP contribution in [-0.2, 0) is 4.79 Å². The van der Waals surface area contributed by atoms with Gasteiger partial charge in [-0.15, -0.1) is 0 Å². The molecule has 0 aliphatic rings. The van der Waals surface area contributed by atoms with Gasteiger partial charge in [-0.3, -0.25) is 4.79 Å². The highest BCUT2D eigenvalue weighted by Gasteiger charge is 1.92. The Labute approximate surface area is 49.3 Å². The van der Waals surface area contributed by atoms with Crippen molar-refractivity contribution in [3.63, 3.8) is 0 Å². The maximum absolute atomic E-state index is 10.2. The Morgan fingerprint density at radius 3 is 2.50 bits per heavy atom. The zero-order valence-electron chi connectivity index (χ0n) is 5.27. The first-order valence-corrected chi connectivity index (χ1v) is 2.63. The topological polar surface area (TPSA) is 55.1 Å². The molecule has 48 valence electrons. The highest BCUT2D eigenvalue weighted by atomic mass is 16.1. The third-order valence-electron chi connectivity index (χ3n) is 0.673. The van der Waals surface area contributed by atoms with Crippen LogP contribution in [-0.4, -0.2) is 18.5 Å². The van der Waals surface area contributed by atoms with Gasteiger partial charge in [-0.05, 0) is 6.92 Å². The van der Waals surface area contributed by atoms with Crippen LogP contribution in [0.5, 0.6) is 0 Å². The van der Waals surface area contributed by atoms with E-state index in [9.17, 15) is 4.79 Å². The quantitative estimate of drug-likeness (QED) is 0.509. The van der Waals surface area contributed by atoms with E-state index >= 15 is 0 Å². The summed E-state index contributed by atoms with van der Waals surface area (Å²) >= 11 is 0. The van der Waals surface area contributed by atoms with Gasteiger partial charge < -0.3 is 11.1 Å². The van der Waals surface area contributed by atoms with Gasteiger partial charge in [0.15, 0.2) is 0 Å². The molecule has 0 heterocycles. The first kappa shape index (κ1) is 7.43. The number of rotatable bonds is 2. The molecule has 0 rings (SSSR count). The predicted octanol–water partition coefficient (Wildman–Crippen LogP) is -0.530. The van der Waals surface area contributed by atoms with E-state index < -0.39 is 0 Å². The third-order valence-corrected chi connectivity index (χ3v) is 0.673. The van der Waals surface area contributed by atoms with Crippen molar-refractivity contribution in [2.75, 3.05) is 6.54 Å². The molecule has 1 unspecified atom stereocenters. The first-order chi connectivity index (χ1) is 3.63. The Morgan fingerprint density at radius 2 is 2.38 bits per heavy atom. The Hall–Kier alpha value is -0.570. The zero-order valence-corrected chi connectivity index (χ0v) is 5.27. The number of carbonyl (C=O) groups is 1. The van der Waals surface area contributed by atoms with Crippen LogP contribution < -0.4 is 11.1 Å². The van der Waals surface area contributed by atoms with Crippen LogP contribution in [0.15, 0.2) is 0 Å². The molecular formula is C5H12N2O. The van der Waals surface area contributed by atoms with E-state index in [4.69, 9.17) is 5.73 Å². The minimum Gasteiger partial charge on any atom is -0.355 e. The smallest absolute Gasteiger partial charge is 0.216 e. The first-order valence-electron chi connectivity index (χ1n) is 2.63. The van der Waals surface area contributed by atoms with Gasteiger partial charge in [0.2, 0.25) is 5.91 Å². The van der Waals surface area contributed by atoms with Crippen LogP contribution in [0, 0.1) is 0 Å². The molecule has 3 N–H and O–H groups in total. The monoisotopic (exact) mass is 116 g/mol. The number of hydrogen-bond acceptors (Lipinski definition) is 2. The molecule has 3 heteroatoms. The van der Waals surface area contributed by atoms with Crippen molar-refractivity contribution in [1.82, 2.24) is 5.32 Å². The fraction of sp³-hybridized carbons (Fsp3) is 0.800. The maximum atomic E-state index is 10.2. The molecule has 0 radical (unpaired) electrons. The van der Waals surface area contributed by atoms with Gasteiger partial charge >= 0.3 is 0 Å². The minimum absolute atomic E-state index is 0.0256. The summed E-state index contributed by atoms with van der Waals surface area (Å²) in [6, 6.07) is 0.0545. The summed E-state index contributed by atoms with van der Waals surface area (Å²) < 4.78 is 0. The van der Waals surface area contributed by atoms with Crippen LogP contribution in [0.25, 0.3) is 0 Å². The second-order valence-corrected chi connectivity index (χ2v) is 1.91. The summed E-state index contributed by atoms with van der Waals surface area (Å²) in [5.74, 6) is -0.0256. The number of nitrogens with two attached hydrogens (primary N) is 1. The maximum Gasteiger partial charge on any atom is 0.216 e. The fourth-order valence-corrected chi connectivity index (χ4v) is 0.305. The molecule has 0 aliphatic heterocycles. The van der Waals surface area contributed by atoms with Crippen molar-refractivity contribution in [2.24, 2.45) is 5.73 Å². The van der Waals surface area contributed by atoms with Crippen molar-refractivity contribution >= 4 is 5.91 Å². The average molecular weight is 116 g/mol. The van der Waals surface area contributed by atoms with Gasteiger partial charge in [-0.25, -0.2) is 0 Å². The molecule has 0 aromatic rings. The summed E-state index contributed by atoms with van der Waals surface area (Å²) in [5, 5.41) is 2.58. The predicted molar refractivity (Wildman–Crippen MR) is 32.3 cm³/mol. The second-order valence-electron chi connectivity index (χ2n) is 1.91. The molecule has 3 nitrogen and oxygen atoms in total. The summed E-state index contributed by atoms with van der Waals surface area (Å²) in [6.07, 6.45) is 0. The molecule has 0 spiro atoms. The van der Waals surface area contributed by atoms with Gasteiger partial charge in [0.25, 0.3) is 0 Å². The van der Waals surface area contributed by atoms with Gasteiger partial charge in [-0.2, -0.15) is 0 Å². The number of nitrogens with one attached hydrogen (secondary N) is 1. The molecule has 0 aromatic carbocycles. The molecule has 8 heavy (non-hydrogen) atoms. The number of amides is 1. The lowest BCUT2D eigenvalue weighted by molar-refractivity contribution is -0.119. The van der Waals surface area contributed by atoms with E-state index in [1.54, 1.807) is 0 Å². The molecule has 0 saturated carbocycles. The van der Waals surface area contributed by atoms with Crippen molar-refractivity contribution < 1.29 is 4.79 Å². The zero-order chi connectivity index (χ0) is 6.57. The van der Waals surface area contributed by atoms with E-state index in [1.807, 2.05) is 6.92 Å². The number of carbonyl (C=O) groups excluding carboxylic acids is 1. The molecule has 0 aliphatic carbocycles. The van der Waals surface area contributed by atoms with Gasteiger partial charge in [-0.1, -0.05) is 0 Å². The van der Waals surface area contributed by atoms with Crippen LogP contribution >= 0.6 is 0 Å². The van der Waals surface area contributed by atoms with Crippen molar-refractivity contribution in [3.8, 4) is 0 Å². The summed E-state index contributed by atoms with van der Waals surface area (Å²) in [5.41, 5.74) is 5.33. The van der Waals surface area contributed by atoms with Gasteiger partial charge in [0.05, 0.1) is 0 Å². The lowest BCUT2D eigenvalue weighted by atomic mass is 10.4. The van der Waals surface area contributed by atoms with Crippen molar-refractivity contribution in [3.05, 3.63) is 0 Å². The van der Waals surface area contributed by atoms with Gasteiger partial charge in [0, 0.05) is 19.5 Å². The van der Waals surface area contributed by atoms with Crippen LogP contribution in [0.1, 0.15) is 13.8 Å². The third kappa shape index (κ3) is 5.43. The number of hydrogen-bond donors (Lipinski definition) is 2. The Bertz CT molecular complexity index is 80.5. The summed E-state index contributed by atoms with van der Waals surface area (Å²) in [4.78, 5) is 10.2. The Balaban J connectivity index is 3.05. The van der Waals surface area contributed by atoms with Crippen LogP contribution in [0.3, 0.4) is 0 Å². The lowest BCUT2D eigenvalue weighted by Crippen LogP contribution is -2.33. The van der Waals surface area contributed by atoms with E-state index in [0.717, 1.165) is 0 Å². The normalized spacial score (nSPS) is 12.9. The summed E-state index contributed by atoms with van der Waals surface area (Å²) in [7, 11) is 0. The summed E-state index contributed by atoms with van der Waals surface area (Å²) in [6.45, 7) is 3.88. The molecule has 0 bridgehead atoms. The Kier molecular flexibility index (Phi) is 3.19. The fourth-order valence-electron chi connectivity index (χ4n) is 0.305. The van der Waals surface area contributed by atoms with Crippen LogP contribution in [0.4, 0.5) is 0 Å². The SMILES string of the molecule is CC(=O)NCC(C)N.